The van der Waals surface area contributed by atoms with Gasteiger partial charge < -0.3 is 9.47 Å². The smallest absolute Gasteiger partial charge is 0.119 e. The van der Waals surface area contributed by atoms with Gasteiger partial charge in [-0.25, -0.2) is 9.78 Å². The fourth-order valence-electron chi connectivity index (χ4n) is 1.71. The summed E-state index contributed by atoms with van der Waals surface area (Å²) in [6.07, 6.45) is 0.293. The molecule has 2 fully saturated rings. The van der Waals surface area contributed by atoms with E-state index >= 15 is 0 Å². The predicted octanol–water partition coefficient (Wildman–Crippen LogP) is 1.51. The summed E-state index contributed by atoms with van der Waals surface area (Å²) in [5, 5.41) is 0. The molecule has 3 rings (SSSR count). The quantitative estimate of drug-likeness (QED) is 0.572. The maximum Gasteiger partial charge on any atom is 0.119 e. The van der Waals surface area contributed by atoms with Crippen molar-refractivity contribution >= 4 is 0 Å². The molecule has 0 radical (unpaired) electrons. The number of rotatable bonds is 4. The van der Waals surface area contributed by atoms with E-state index in [1.807, 2.05) is 18.2 Å². The zero-order chi connectivity index (χ0) is 10.8. The Kier molecular flexibility index (Phi) is 2.78. The summed E-state index contributed by atoms with van der Waals surface area (Å²) < 4.78 is 10.7. The minimum absolute atomic E-state index is 0.293. The Balaban J connectivity index is 1.65. The van der Waals surface area contributed by atoms with Crippen LogP contribution < -0.4 is 4.74 Å². The predicted molar refractivity (Wildman–Crippen MR) is 56.3 cm³/mol. The molecule has 4 heteroatoms. The summed E-state index contributed by atoms with van der Waals surface area (Å²) >= 11 is 0. The Morgan fingerprint density at radius 2 is 2.00 bits per heavy atom. The molecule has 2 aliphatic rings. The first-order chi connectivity index (χ1) is 7.92. The first-order valence-electron chi connectivity index (χ1n) is 5.50. The van der Waals surface area contributed by atoms with E-state index in [0.717, 1.165) is 12.4 Å². The van der Waals surface area contributed by atoms with Gasteiger partial charge in [-0.15, -0.1) is 0 Å². The van der Waals surface area contributed by atoms with Crippen LogP contribution in [0.1, 0.15) is 11.5 Å². The highest BCUT2D eigenvalue weighted by Gasteiger charge is 2.23. The van der Waals surface area contributed by atoms with Crippen LogP contribution in [-0.4, -0.2) is 32.5 Å². The molecule has 0 aromatic heterocycles. The molecule has 0 N–H and O–H groups in total. The molecular formula is C12H14O4. The molecular weight excluding hydrogens is 208 g/mol. The highest BCUT2D eigenvalue weighted by molar-refractivity contribution is 5.31. The summed E-state index contributed by atoms with van der Waals surface area (Å²) in [6, 6.07) is 8.08. The maximum absolute atomic E-state index is 5.62. The monoisotopic (exact) mass is 222 g/mol. The lowest BCUT2D eigenvalue weighted by Gasteiger charge is -2.09. The lowest BCUT2D eigenvalue weighted by molar-refractivity contribution is -0.248. The third kappa shape index (κ3) is 2.35. The summed E-state index contributed by atoms with van der Waals surface area (Å²) in [5.74, 6) is 1.21. The van der Waals surface area contributed by atoms with Gasteiger partial charge in [0.25, 0.3) is 0 Å². The van der Waals surface area contributed by atoms with Gasteiger partial charge in [0, 0.05) is 5.92 Å². The van der Waals surface area contributed by atoms with Gasteiger partial charge >= 0.3 is 0 Å². The van der Waals surface area contributed by atoms with Crippen molar-refractivity contribution in [1.29, 1.82) is 0 Å². The molecule has 1 aromatic carbocycles. The third-order valence-corrected chi connectivity index (χ3v) is 2.79. The second-order valence-electron chi connectivity index (χ2n) is 4.10. The third-order valence-electron chi connectivity index (χ3n) is 2.79. The van der Waals surface area contributed by atoms with Crippen LogP contribution in [-0.2, 0) is 14.5 Å². The Morgan fingerprint density at radius 1 is 1.19 bits per heavy atom. The van der Waals surface area contributed by atoms with Crippen LogP contribution in [0.5, 0.6) is 5.75 Å². The van der Waals surface area contributed by atoms with Crippen molar-refractivity contribution in [1.82, 2.24) is 0 Å². The molecule has 2 saturated heterocycles. The highest BCUT2D eigenvalue weighted by atomic mass is 17.2. The van der Waals surface area contributed by atoms with E-state index in [1.54, 1.807) is 0 Å². The van der Waals surface area contributed by atoms with Gasteiger partial charge in [-0.2, -0.15) is 0 Å². The van der Waals surface area contributed by atoms with Crippen molar-refractivity contribution in [3.05, 3.63) is 29.8 Å². The van der Waals surface area contributed by atoms with E-state index in [-0.39, 0.29) is 0 Å². The molecule has 0 aliphatic carbocycles. The first kappa shape index (κ1) is 10.1. The fraction of sp³-hybridized carbons (Fsp3) is 0.500. The van der Waals surface area contributed by atoms with Gasteiger partial charge in [0.15, 0.2) is 0 Å². The minimum atomic E-state index is 0.293. The Hall–Kier alpha value is -1.10. The Bertz CT molecular complexity index is 356. The van der Waals surface area contributed by atoms with Crippen LogP contribution in [0.4, 0.5) is 0 Å². The van der Waals surface area contributed by atoms with Gasteiger partial charge in [0.2, 0.25) is 0 Å². The molecule has 86 valence electrons. The van der Waals surface area contributed by atoms with Crippen molar-refractivity contribution in [2.45, 2.75) is 12.0 Å². The van der Waals surface area contributed by atoms with Crippen LogP contribution in [0.15, 0.2) is 24.3 Å². The molecule has 16 heavy (non-hydrogen) atoms. The molecule has 1 unspecified atom stereocenters. The van der Waals surface area contributed by atoms with Crippen LogP contribution >= 0.6 is 0 Å². The van der Waals surface area contributed by atoms with E-state index < -0.39 is 0 Å². The van der Waals surface area contributed by atoms with Crippen molar-refractivity contribution in [3.63, 3.8) is 0 Å². The number of ether oxygens (including phenoxy) is 2. The summed E-state index contributed by atoms with van der Waals surface area (Å²) in [4.78, 5) is 9.80. The molecule has 2 aliphatic heterocycles. The van der Waals surface area contributed by atoms with E-state index in [1.165, 1.54) is 5.56 Å². The van der Waals surface area contributed by atoms with Crippen LogP contribution in [0.25, 0.3) is 0 Å². The SMILES string of the molecule is c1cc(OCC2CO2)cc(C2COOC2)c1. The summed E-state index contributed by atoms with van der Waals surface area (Å²) in [6.45, 7) is 2.70. The van der Waals surface area contributed by atoms with Crippen LogP contribution in [0.3, 0.4) is 0 Å². The van der Waals surface area contributed by atoms with E-state index in [2.05, 4.69) is 6.07 Å². The van der Waals surface area contributed by atoms with Gasteiger partial charge in [-0.05, 0) is 17.7 Å². The molecule has 1 atom stereocenters. The highest BCUT2D eigenvalue weighted by Crippen LogP contribution is 2.25. The minimum Gasteiger partial charge on any atom is -0.491 e. The lowest BCUT2D eigenvalue weighted by Crippen LogP contribution is -2.05. The van der Waals surface area contributed by atoms with Crippen molar-refractivity contribution < 1.29 is 19.2 Å². The van der Waals surface area contributed by atoms with Crippen molar-refractivity contribution in [3.8, 4) is 5.75 Å². The number of hydrogen-bond acceptors (Lipinski definition) is 4. The molecule has 4 nitrogen and oxygen atoms in total. The van der Waals surface area contributed by atoms with Crippen LogP contribution in [0, 0.1) is 0 Å². The standard InChI is InChI=1S/C12H14O4/c1-2-9(10-5-15-16-6-10)4-11(3-1)13-7-12-8-14-12/h1-4,10,12H,5-8H2. The molecule has 2 heterocycles. The molecule has 1 aromatic rings. The normalized spacial score (nSPS) is 24.6. The topological polar surface area (TPSA) is 40.2 Å². The van der Waals surface area contributed by atoms with E-state index in [0.29, 0.717) is 31.8 Å². The van der Waals surface area contributed by atoms with Gasteiger partial charge in [-0.1, -0.05) is 12.1 Å². The maximum atomic E-state index is 5.62. The van der Waals surface area contributed by atoms with Crippen LogP contribution in [0.2, 0.25) is 0 Å². The molecule has 0 saturated carbocycles. The first-order valence-corrected chi connectivity index (χ1v) is 5.50. The van der Waals surface area contributed by atoms with Crippen molar-refractivity contribution in [2.24, 2.45) is 0 Å². The second kappa shape index (κ2) is 4.41. The molecule has 0 spiro atoms. The van der Waals surface area contributed by atoms with Gasteiger partial charge in [0.1, 0.15) is 18.5 Å². The van der Waals surface area contributed by atoms with Crippen molar-refractivity contribution in [2.75, 3.05) is 26.4 Å². The zero-order valence-electron chi connectivity index (χ0n) is 8.93. The Labute approximate surface area is 94.0 Å². The number of hydrogen-bond donors (Lipinski definition) is 0. The second-order valence-corrected chi connectivity index (χ2v) is 4.10. The van der Waals surface area contributed by atoms with E-state index in [9.17, 15) is 0 Å². The van der Waals surface area contributed by atoms with Gasteiger partial charge in [-0.3, -0.25) is 0 Å². The lowest BCUT2D eigenvalue weighted by atomic mass is 10.0. The fourth-order valence-corrected chi connectivity index (χ4v) is 1.71. The average Bonchev–Trinajstić information content (AvgIpc) is 2.99. The number of benzene rings is 1. The average molecular weight is 222 g/mol. The van der Waals surface area contributed by atoms with E-state index in [4.69, 9.17) is 19.2 Å². The molecule has 0 amide bonds. The summed E-state index contributed by atoms with van der Waals surface area (Å²) in [7, 11) is 0. The largest absolute Gasteiger partial charge is 0.491 e. The molecule has 0 bridgehead atoms. The Morgan fingerprint density at radius 3 is 2.75 bits per heavy atom. The number of epoxide rings is 1. The summed E-state index contributed by atoms with van der Waals surface area (Å²) in [5.41, 5.74) is 1.20. The van der Waals surface area contributed by atoms with Gasteiger partial charge in [0.05, 0.1) is 19.8 Å². The zero-order valence-corrected chi connectivity index (χ0v) is 8.93.